The lowest BCUT2D eigenvalue weighted by atomic mass is 10.1. The van der Waals surface area contributed by atoms with Gasteiger partial charge in [0.25, 0.3) is 0 Å². The number of halogens is 2. The number of hydrogen-bond acceptors (Lipinski definition) is 6. The van der Waals surface area contributed by atoms with E-state index in [0.29, 0.717) is 18.0 Å². The van der Waals surface area contributed by atoms with Gasteiger partial charge in [0.2, 0.25) is 11.8 Å². The summed E-state index contributed by atoms with van der Waals surface area (Å²) < 4.78 is 33.3. The monoisotopic (exact) mass is 442 g/mol. The zero-order chi connectivity index (χ0) is 22.7. The van der Waals surface area contributed by atoms with Crippen molar-refractivity contribution in [3.8, 4) is 11.4 Å². The third-order valence-electron chi connectivity index (χ3n) is 5.06. The first-order valence-electron chi connectivity index (χ1n) is 10.00. The molecule has 11 heteroatoms. The Morgan fingerprint density at radius 2 is 1.91 bits per heavy atom. The van der Waals surface area contributed by atoms with Gasteiger partial charge in [-0.15, -0.1) is 5.10 Å². The van der Waals surface area contributed by atoms with Crippen LogP contribution in [0, 0.1) is 17.6 Å². The number of rotatable bonds is 7. The second-order valence-electron chi connectivity index (χ2n) is 7.16. The van der Waals surface area contributed by atoms with Crippen molar-refractivity contribution in [1.82, 2.24) is 25.5 Å². The van der Waals surface area contributed by atoms with Gasteiger partial charge in [-0.3, -0.25) is 9.59 Å². The van der Waals surface area contributed by atoms with Crippen LogP contribution in [0.3, 0.4) is 0 Å². The number of amides is 2. The number of hydrogen-bond donors (Lipinski definition) is 1. The Bertz CT molecular complexity index is 1130. The minimum absolute atomic E-state index is 0.0431. The van der Waals surface area contributed by atoms with Crippen LogP contribution in [0.4, 0.5) is 14.5 Å². The van der Waals surface area contributed by atoms with Crippen molar-refractivity contribution < 1.29 is 23.1 Å². The Kier molecular flexibility index (Phi) is 6.06. The molecule has 0 aliphatic carbocycles. The average molecular weight is 442 g/mol. The van der Waals surface area contributed by atoms with Crippen LogP contribution in [0.2, 0.25) is 0 Å². The quantitative estimate of drug-likeness (QED) is 0.601. The van der Waals surface area contributed by atoms with Crippen LogP contribution >= 0.6 is 0 Å². The molecule has 1 N–H and O–H groups in total. The van der Waals surface area contributed by atoms with Gasteiger partial charge in [0.05, 0.1) is 24.8 Å². The van der Waals surface area contributed by atoms with Crippen LogP contribution in [0.15, 0.2) is 42.5 Å². The zero-order valence-electron chi connectivity index (χ0n) is 17.2. The highest BCUT2D eigenvalue weighted by Gasteiger charge is 2.35. The standard InChI is InChI=1S/C21H20F2N6O3/c1-2-32-16-6-3-14(4-7-16)28-12-13(9-20(28)30)21(31)24-11-19-25-26-27-29(19)15-5-8-17(22)18(23)10-15/h3-8,10,13H,2,9,11-12H2,1H3,(H,24,31)/t13-/m0/s1. The molecule has 9 nitrogen and oxygen atoms in total. The van der Waals surface area contributed by atoms with Crippen molar-refractivity contribution in [1.29, 1.82) is 0 Å². The number of carbonyl (C=O) groups excluding carboxylic acids is 2. The van der Waals surface area contributed by atoms with Gasteiger partial charge in [0, 0.05) is 24.7 Å². The summed E-state index contributed by atoms with van der Waals surface area (Å²) in [6, 6.07) is 10.4. The summed E-state index contributed by atoms with van der Waals surface area (Å²) in [5, 5.41) is 13.8. The first-order valence-corrected chi connectivity index (χ1v) is 10.00. The SMILES string of the molecule is CCOc1ccc(N2C[C@@H](C(=O)NCc3nnnn3-c3ccc(F)c(F)c3)CC2=O)cc1. The second kappa shape index (κ2) is 9.08. The first kappa shape index (κ1) is 21.3. The second-order valence-corrected chi connectivity index (χ2v) is 7.16. The van der Waals surface area contributed by atoms with Crippen LogP contribution in [0.5, 0.6) is 5.75 Å². The molecule has 0 saturated carbocycles. The van der Waals surface area contributed by atoms with Gasteiger partial charge in [0.15, 0.2) is 17.5 Å². The molecule has 2 aromatic carbocycles. The fraction of sp³-hybridized carbons (Fsp3) is 0.286. The van der Waals surface area contributed by atoms with Gasteiger partial charge in [-0.05, 0) is 53.7 Å². The topological polar surface area (TPSA) is 102 Å². The first-order chi connectivity index (χ1) is 15.5. The van der Waals surface area contributed by atoms with Crippen molar-refractivity contribution in [2.75, 3.05) is 18.1 Å². The normalized spacial score (nSPS) is 15.8. The van der Waals surface area contributed by atoms with Crippen LogP contribution in [0.25, 0.3) is 5.69 Å². The fourth-order valence-electron chi connectivity index (χ4n) is 3.47. The molecule has 1 fully saturated rings. The molecule has 1 atom stereocenters. The molecule has 0 bridgehead atoms. The molecule has 1 aliphatic heterocycles. The van der Waals surface area contributed by atoms with Crippen molar-refractivity contribution in [2.24, 2.45) is 5.92 Å². The molecule has 1 aliphatic rings. The van der Waals surface area contributed by atoms with Crippen molar-refractivity contribution in [3.05, 3.63) is 59.9 Å². The van der Waals surface area contributed by atoms with Crippen molar-refractivity contribution >= 4 is 17.5 Å². The van der Waals surface area contributed by atoms with Crippen molar-refractivity contribution in [3.63, 3.8) is 0 Å². The van der Waals surface area contributed by atoms with Gasteiger partial charge >= 0.3 is 0 Å². The van der Waals surface area contributed by atoms with Crippen LogP contribution in [-0.4, -0.2) is 45.2 Å². The highest BCUT2D eigenvalue weighted by Crippen LogP contribution is 2.27. The van der Waals surface area contributed by atoms with Gasteiger partial charge in [-0.2, -0.15) is 4.68 Å². The maximum absolute atomic E-state index is 13.5. The molecular weight excluding hydrogens is 422 g/mol. The molecule has 0 radical (unpaired) electrons. The van der Waals surface area contributed by atoms with Gasteiger partial charge < -0.3 is 15.0 Å². The van der Waals surface area contributed by atoms with Gasteiger partial charge in [-0.1, -0.05) is 0 Å². The molecule has 4 rings (SSSR count). The van der Waals surface area contributed by atoms with E-state index in [2.05, 4.69) is 20.8 Å². The van der Waals surface area contributed by atoms with Crippen LogP contribution in [0.1, 0.15) is 19.2 Å². The summed E-state index contributed by atoms with van der Waals surface area (Å²) in [4.78, 5) is 26.7. The molecule has 3 aromatic rings. The number of anilines is 1. The predicted octanol–water partition coefficient (Wildman–Crippen LogP) is 2.01. The van der Waals surface area contributed by atoms with E-state index in [1.807, 2.05) is 6.92 Å². The predicted molar refractivity (Wildman–Crippen MR) is 109 cm³/mol. The van der Waals surface area contributed by atoms with E-state index in [1.165, 1.54) is 10.7 Å². The van der Waals surface area contributed by atoms with Crippen molar-refractivity contribution in [2.45, 2.75) is 19.9 Å². The number of carbonyl (C=O) groups is 2. The number of tetrazole rings is 1. The average Bonchev–Trinajstić information content (AvgIpc) is 3.41. The highest BCUT2D eigenvalue weighted by molar-refractivity contribution is 6.00. The third-order valence-corrected chi connectivity index (χ3v) is 5.06. The van der Waals surface area contributed by atoms with Gasteiger partial charge in [0.1, 0.15) is 5.75 Å². The summed E-state index contributed by atoms with van der Waals surface area (Å²) in [6.07, 6.45) is 0.0765. The Morgan fingerprint density at radius 3 is 2.62 bits per heavy atom. The lowest BCUT2D eigenvalue weighted by molar-refractivity contribution is -0.126. The zero-order valence-corrected chi connectivity index (χ0v) is 17.2. The smallest absolute Gasteiger partial charge is 0.227 e. The molecule has 0 unspecified atom stereocenters. The van der Waals surface area contributed by atoms with E-state index in [4.69, 9.17) is 4.74 Å². The Hall–Kier alpha value is -3.89. The van der Waals surface area contributed by atoms with Gasteiger partial charge in [-0.25, -0.2) is 8.78 Å². The Balaban J connectivity index is 1.39. The fourth-order valence-corrected chi connectivity index (χ4v) is 3.47. The number of nitrogens with one attached hydrogen (secondary N) is 1. The minimum atomic E-state index is -1.04. The van der Waals surface area contributed by atoms with Crippen LogP contribution in [-0.2, 0) is 16.1 Å². The Labute approximate surface area is 182 Å². The molecule has 1 aromatic heterocycles. The highest BCUT2D eigenvalue weighted by atomic mass is 19.2. The lowest BCUT2D eigenvalue weighted by Crippen LogP contribution is -2.33. The van der Waals surface area contributed by atoms with E-state index in [-0.39, 0.29) is 42.8 Å². The van der Waals surface area contributed by atoms with E-state index >= 15 is 0 Å². The maximum Gasteiger partial charge on any atom is 0.227 e. The number of aromatic nitrogens is 4. The molecule has 32 heavy (non-hydrogen) atoms. The van der Waals surface area contributed by atoms with Crippen LogP contribution < -0.4 is 15.0 Å². The molecule has 1 saturated heterocycles. The summed E-state index contributed by atoms with van der Waals surface area (Å²) in [7, 11) is 0. The number of nitrogens with zero attached hydrogens (tertiary/aromatic N) is 5. The summed E-state index contributed by atoms with van der Waals surface area (Å²) >= 11 is 0. The lowest BCUT2D eigenvalue weighted by Gasteiger charge is -2.17. The number of benzene rings is 2. The van der Waals surface area contributed by atoms with E-state index in [1.54, 1.807) is 29.2 Å². The summed E-state index contributed by atoms with van der Waals surface area (Å²) in [6.45, 7) is 2.63. The minimum Gasteiger partial charge on any atom is -0.494 e. The summed E-state index contributed by atoms with van der Waals surface area (Å²) in [5.41, 5.74) is 0.909. The molecule has 2 amide bonds. The maximum atomic E-state index is 13.5. The molecule has 0 spiro atoms. The third kappa shape index (κ3) is 4.41. The van der Waals surface area contributed by atoms with E-state index in [0.717, 1.165) is 12.1 Å². The summed E-state index contributed by atoms with van der Waals surface area (Å²) in [5.74, 6) is -2.10. The van der Waals surface area contributed by atoms with E-state index < -0.39 is 17.6 Å². The molecular formula is C21H20F2N6O3. The largest absolute Gasteiger partial charge is 0.494 e. The molecule has 2 heterocycles. The van der Waals surface area contributed by atoms with E-state index in [9.17, 15) is 18.4 Å². The Morgan fingerprint density at radius 1 is 1.16 bits per heavy atom. The molecule has 166 valence electrons. The number of ether oxygens (including phenoxy) is 1.